The molecule has 0 aromatic heterocycles. The highest BCUT2D eigenvalue weighted by atomic mass is 35.5. The molecule has 2 aromatic rings. The second-order valence-electron chi connectivity index (χ2n) is 5.65. The first kappa shape index (κ1) is 12.2. The fraction of sp³-hybridized carbons (Fsp3) is 0.294. The minimum absolute atomic E-state index is 0.363. The first-order chi connectivity index (χ1) is 9.83. The zero-order chi connectivity index (χ0) is 13.5. The monoisotopic (exact) mass is 284 g/mol. The molecule has 3 atom stereocenters. The molecular weight excluding hydrogens is 268 g/mol. The summed E-state index contributed by atoms with van der Waals surface area (Å²) in [6, 6.07) is 17.7. The molecule has 0 radical (unpaired) electrons. The Bertz CT molecular complexity index is 623. The van der Waals surface area contributed by atoms with Gasteiger partial charge < -0.3 is 10.6 Å². The van der Waals surface area contributed by atoms with Crippen molar-refractivity contribution in [3.63, 3.8) is 0 Å². The molecule has 0 saturated carbocycles. The number of anilines is 1. The van der Waals surface area contributed by atoms with Gasteiger partial charge in [0.05, 0.1) is 6.04 Å². The van der Waals surface area contributed by atoms with E-state index in [0.717, 1.165) is 11.6 Å². The molecule has 2 heterocycles. The largest absolute Gasteiger partial charge is 0.378 e. The quantitative estimate of drug-likeness (QED) is 0.822. The maximum absolute atomic E-state index is 6.01. The van der Waals surface area contributed by atoms with Crippen LogP contribution in [0.2, 0.25) is 5.02 Å². The molecule has 2 aliphatic rings. The van der Waals surface area contributed by atoms with E-state index in [-0.39, 0.29) is 0 Å². The summed E-state index contributed by atoms with van der Waals surface area (Å²) in [4.78, 5) is 0. The van der Waals surface area contributed by atoms with E-state index in [1.807, 2.05) is 12.1 Å². The highest BCUT2D eigenvalue weighted by Gasteiger charge is 2.39. The third-order valence-electron chi connectivity index (χ3n) is 4.53. The average Bonchev–Trinajstić information content (AvgIpc) is 2.97. The Morgan fingerprint density at radius 2 is 1.75 bits per heavy atom. The molecule has 20 heavy (non-hydrogen) atoms. The molecule has 2 aromatic carbocycles. The maximum atomic E-state index is 6.01. The van der Waals surface area contributed by atoms with E-state index in [1.54, 1.807) is 0 Å². The van der Waals surface area contributed by atoms with E-state index in [0.29, 0.717) is 18.0 Å². The van der Waals surface area contributed by atoms with Crippen LogP contribution in [0.25, 0.3) is 0 Å². The summed E-state index contributed by atoms with van der Waals surface area (Å²) in [6.07, 6.45) is 1.21. The van der Waals surface area contributed by atoms with Gasteiger partial charge >= 0.3 is 0 Å². The van der Waals surface area contributed by atoms with Crippen LogP contribution in [0.1, 0.15) is 29.6 Å². The second-order valence-corrected chi connectivity index (χ2v) is 6.08. The molecule has 1 saturated heterocycles. The molecule has 2 aliphatic heterocycles. The number of hydrogen-bond donors (Lipinski definition) is 2. The van der Waals surface area contributed by atoms with Gasteiger partial charge in [0.15, 0.2) is 0 Å². The third-order valence-corrected chi connectivity index (χ3v) is 4.79. The van der Waals surface area contributed by atoms with E-state index >= 15 is 0 Å². The highest BCUT2D eigenvalue weighted by molar-refractivity contribution is 6.30. The van der Waals surface area contributed by atoms with Crippen molar-refractivity contribution in [3.05, 3.63) is 64.7 Å². The van der Waals surface area contributed by atoms with Crippen LogP contribution in [0.3, 0.4) is 0 Å². The molecule has 102 valence electrons. The van der Waals surface area contributed by atoms with Crippen LogP contribution in [0.5, 0.6) is 0 Å². The topological polar surface area (TPSA) is 24.1 Å². The fourth-order valence-electron chi connectivity index (χ4n) is 3.60. The predicted octanol–water partition coefficient (Wildman–Crippen LogP) is 4.16. The summed E-state index contributed by atoms with van der Waals surface area (Å²) < 4.78 is 0. The number of fused-ring (bicyclic) bond motifs is 3. The van der Waals surface area contributed by atoms with Crippen molar-refractivity contribution in [1.82, 2.24) is 5.32 Å². The van der Waals surface area contributed by atoms with E-state index in [9.17, 15) is 0 Å². The van der Waals surface area contributed by atoms with Crippen molar-refractivity contribution in [2.45, 2.75) is 18.5 Å². The molecule has 0 bridgehead atoms. The second kappa shape index (κ2) is 4.80. The number of rotatable bonds is 1. The van der Waals surface area contributed by atoms with Gasteiger partial charge in [-0.1, -0.05) is 41.9 Å². The lowest BCUT2D eigenvalue weighted by Gasteiger charge is -2.37. The maximum Gasteiger partial charge on any atom is 0.0560 e. The van der Waals surface area contributed by atoms with Gasteiger partial charge in [-0.2, -0.15) is 0 Å². The molecule has 0 aliphatic carbocycles. The van der Waals surface area contributed by atoms with E-state index in [4.69, 9.17) is 11.6 Å². The van der Waals surface area contributed by atoms with Crippen molar-refractivity contribution >= 4 is 17.3 Å². The van der Waals surface area contributed by atoms with Crippen LogP contribution < -0.4 is 10.6 Å². The number of hydrogen-bond acceptors (Lipinski definition) is 2. The Labute approximate surface area is 124 Å². The smallest absolute Gasteiger partial charge is 0.0560 e. The number of benzene rings is 2. The molecule has 0 spiro atoms. The summed E-state index contributed by atoms with van der Waals surface area (Å²) in [7, 11) is 0. The predicted molar refractivity (Wildman–Crippen MR) is 83.1 cm³/mol. The summed E-state index contributed by atoms with van der Waals surface area (Å²) >= 11 is 6.01. The molecule has 2 N–H and O–H groups in total. The Kier molecular flexibility index (Phi) is 2.94. The summed E-state index contributed by atoms with van der Waals surface area (Å²) in [5.74, 6) is 0.603. The van der Waals surface area contributed by atoms with Crippen molar-refractivity contribution < 1.29 is 0 Å². The van der Waals surface area contributed by atoms with Crippen LogP contribution in [0.4, 0.5) is 5.69 Å². The van der Waals surface area contributed by atoms with Gasteiger partial charge in [-0.25, -0.2) is 0 Å². The zero-order valence-corrected chi connectivity index (χ0v) is 11.9. The Morgan fingerprint density at radius 1 is 0.950 bits per heavy atom. The van der Waals surface area contributed by atoms with Gasteiger partial charge in [0.25, 0.3) is 0 Å². The summed E-state index contributed by atoms with van der Waals surface area (Å²) in [5.41, 5.74) is 3.98. The molecule has 3 heteroatoms. The number of para-hydroxylation sites is 1. The van der Waals surface area contributed by atoms with Gasteiger partial charge in [0.2, 0.25) is 0 Å². The molecular formula is C17H17ClN2. The lowest BCUT2D eigenvalue weighted by atomic mass is 9.80. The average molecular weight is 285 g/mol. The van der Waals surface area contributed by atoms with E-state index in [2.05, 4.69) is 47.0 Å². The van der Waals surface area contributed by atoms with Gasteiger partial charge in [0.1, 0.15) is 0 Å². The van der Waals surface area contributed by atoms with Crippen LogP contribution in [0, 0.1) is 5.92 Å². The van der Waals surface area contributed by atoms with Crippen LogP contribution in [-0.4, -0.2) is 6.54 Å². The molecule has 4 rings (SSSR count). The lowest BCUT2D eigenvalue weighted by Crippen LogP contribution is -2.32. The third kappa shape index (κ3) is 1.91. The lowest BCUT2D eigenvalue weighted by molar-refractivity contribution is 0.391. The summed E-state index contributed by atoms with van der Waals surface area (Å²) in [6.45, 7) is 1.09. The van der Waals surface area contributed by atoms with Gasteiger partial charge in [-0.3, -0.25) is 0 Å². The molecule has 0 amide bonds. The van der Waals surface area contributed by atoms with Crippen molar-refractivity contribution in [2.75, 3.05) is 11.9 Å². The minimum atomic E-state index is 0.363. The Hall–Kier alpha value is -1.51. The van der Waals surface area contributed by atoms with Crippen LogP contribution >= 0.6 is 11.6 Å². The van der Waals surface area contributed by atoms with E-state index in [1.165, 1.54) is 23.2 Å². The first-order valence-electron chi connectivity index (χ1n) is 7.17. The SMILES string of the molecule is Clc1ccc([C@@H]2Nc3ccccc3[C@@H]3NCC[C@H]23)cc1. The van der Waals surface area contributed by atoms with Crippen molar-refractivity contribution in [3.8, 4) is 0 Å². The normalized spacial score (nSPS) is 27.6. The molecule has 2 nitrogen and oxygen atoms in total. The Morgan fingerprint density at radius 3 is 2.60 bits per heavy atom. The standard InChI is InChI=1S/C17H17ClN2/c18-12-7-5-11(6-8-12)16-14-9-10-19-17(14)13-3-1-2-4-15(13)20-16/h1-8,14,16-17,19-20H,9-10H2/t14-,16+,17+/m1/s1. The van der Waals surface area contributed by atoms with Crippen LogP contribution in [-0.2, 0) is 0 Å². The zero-order valence-electron chi connectivity index (χ0n) is 11.1. The van der Waals surface area contributed by atoms with Gasteiger partial charge in [-0.05, 0) is 42.3 Å². The van der Waals surface area contributed by atoms with Crippen LogP contribution in [0.15, 0.2) is 48.5 Å². The minimum Gasteiger partial charge on any atom is -0.378 e. The van der Waals surface area contributed by atoms with Crippen molar-refractivity contribution in [2.24, 2.45) is 5.92 Å². The summed E-state index contributed by atoms with van der Waals surface area (Å²) in [5, 5.41) is 8.18. The van der Waals surface area contributed by atoms with Gasteiger partial charge in [-0.15, -0.1) is 0 Å². The van der Waals surface area contributed by atoms with E-state index < -0.39 is 0 Å². The van der Waals surface area contributed by atoms with Gasteiger partial charge in [0, 0.05) is 22.7 Å². The number of halogens is 1. The Balaban J connectivity index is 1.76. The first-order valence-corrected chi connectivity index (χ1v) is 7.55. The molecule has 0 unspecified atom stereocenters. The highest BCUT2D eigenvalue weighted by Crippen LogP contribution is 2.46. The van der Waals surface area contributed by atoms with Crippen molar-refractivity contribution in [1.29, 1.82) is 0 Å². The number of nitrogens with one attached hydrogen (secondary N) is 2. The molecule has 1 fully saturated rings. The fourth-order valence-corrected chi connectivity index (χ4v) is 3.72.